The smallest absolute Gasteiger partial charge is 0.218 e. The molecule has 0 bridgehead atoms. The van der Waals surface area contributed by atoms with Crippen LogP contribution in [0.25, 0.3) is 0 Å². The van der Waals surface area contributed by atoms with E-state index in [1.165, 1.54) is 25.6 Å². The lowest BCUT2D eigenvalue weighted by Gasteiger charge is -2.24. The van der Waals surface area contributed by atoms with Crippen molar-refractivity contribution < 1.29 is 4.74 Å². The molecule has 0 aromatic carbocycles. The summed E-state index contributed by atoms with van der Waals surface area (Å²) in [6, 6.07) is 1.82. The van der Waals surface area contributed by atoms with Crippen LogP contribution in [-0.4, -0.2) is 23.6 Å². The fraction of sp³-hybridized carbons (Fsp3) is 0.636. The van der Waals surface area contributed by atoms with Gasteiger partial charge < -0.3 is 10.1 Å². The Labute approximate surface area is 90.1 Å². The summed E-state index contributed by atoms with van der Waals surface area (Å²) < 4.78 is 5.56. The number of hydrogen-bond donors (Lipinski definition) is 1. The zero-order chi connectivity index (χ0) is 10.5. The lowest BCUT2D eigenvalue weighted by Crippen LogP contribution is -2.14. The van der Waals surface area contributed by atoms with Crippen molar-refractivity contribution in [2.45, 2.75) is 25.7 Å². The Morgan fingerprint density at radius 2 is 2.33 bits per heavy atom. The van der Waals surface area contributed by atoms with Gasteiger partial charge in [-0.1, -0.05) is 19.3 Å². The molecule has 4 nitrogen and oxygen atoms in total. The van der Waals surface area contributed by atoms with E-state index in [0.29, 0.717) is 5.88 Å². The highest BCUT2D eigenvalue weighted by Gasteiger charge is 2.16. The third-order valence-corrected chi connectivity index (χ3v) is 2.90. The zero-order valence-electron chi connectivity index (χ0n) is 9.07. The summed E-state index contributed by atoms with van der Waals surface area (Å²) in [4.78, 5) is 8.08. The molecule has 0 atom stereocenters. The summed E-state index contributed by atoms with van der Waals surface area (Å²) in [5.41, 5.74) is 0. The molecule has 1 N–H and O–H groups in total. The third kappa shape index (κ3) is 2.81. The van der Waals surface area contributed by atoms with E-state index < -0.39 is 0 Å². The molecule has 1 saturated carbocycles. The van der Waals surface area contributed by atoms with E-state index in [4.69, 9.17) is 4.74 Å². The molecule has 0 amide bonds. The van der Waals surface area contributed by atoms with Gasteiger partial charge in [0.05, 0.1) is 6.61 Å². The molecule has 1 aromatic heterocycles. The third-order valence-electron chi connectivity index (χ3n) is 2.90. The van der Waals surface area contributed by atoms with E-state index in [1.807, 2.05) is 13.1 Å². The van der Waals surface area contributed by atoms with Gasteiger partial charge in [0, 0.05) is 13.1 Å². The van der Waals surface area contributed by atoms with E-state index in [-0.39, 0.29) is 0 Å². The fourth-order valence-electron chi connectivity index (χ4n) is 1.67. The Morgan fingerprint density at radius 3 is 3.00 bits per heavy atom. The van der Waals surface area contributed by atoms with E-state index in [9.17, 15) is 0 Å². The van der Waals surface area contributed by atoms with Gasteiger partial charge in [-0.2, -0.15) is 0 Å². The molecule has 0 unspecified atom stereocenters. The lowest BCUT2D eigenvalue weighted by atomic mass is 9.83. The Balaban J connectivity index is 1.76. The van der Waals surface area contributed by atoms with Gasteiger partial charge in [-0.3, -0.25) is 0 Å². The molecule has 1 aliphatic rings. The van der Waals surface area contributed by atoms with Crippen LogP contribution in [0.2, 0.25) is 0 Å². The molecule has 0 aliphatic heterocycles. The molecule has 0 radical (unpaired) electrons. The van der Waals surface area contributed by atoms with Gasteiger partial charge in [0.25, 0.3) is 0 Å². The molecule has 4 heteroatoms. The zero-order valence-corrected chi connectivity index (χ0v) is 9.07. The quantitative estimate of drug-likeness (QED) is 0.803. The fourth-order valence-corrected chi connectivity index (χ4v) is 1.67. The van der Waals surface area contributed by atoms with Gasteiger partial charge in [-0.05, 0) is 12.3 Å². The van der Waals surface area contributed by atoms with Crippen molar-refractivity contribution in [3.8, 4) is 5.88 Å². The molecule has 1 heterocycles. The van der Waals surface area contributed by atoms with E-state index in [0.717, 1.165) is 24.8 Å². The molecular weight excluding hydrogens is 190 g/mol. The van der Waals surface area contributed by atoms with E-state index in [1.54, 1.807) is 0 Å². The Hall–Kier alpha value is -1.32. The van der Waals surface area contributed by atoms with Gasteiger partial charge in [0.1, 0.15) is 12.1 Å². The number of rotatable bonds is 5. The van der Waals surface area contributed by atoms with E-state index in [2.05, 4.69) is 15.3 Å². The maximum atomic E-state index is 5.56. The summed E-state index contributed by atoms with van der Waals surface area (Å²) in [5, 5.41) is 2.96. The number of nitrogens with zero attached hydrogens (tertiary/aromatic N) is 2. The minimum Gasteiger partial charge on any atom is -0.478 e. The first-order valence-electron chi connectivity index (χ1n) is 5.51. The van der Waals surface area contributed by atoms with Crippen LogP contribution in [0, 0.1) is 5.92 Å². The highest BCUT2D eigenvalue weighted by Crippen LogP contribution is 2.29. The number of hydrogen-bond acceptors (Lipinski definition) is 4. The van der Waals surface area contributed by atoms with Crippen LogP contribution in [-0.2, 0) is 0 Å². The van der Waals surface area contributed by atoms with Gasteiger partial charge in [-0.25, -0.2) is 9.97 Å². The first kappa shape index (κ1) is 10.2. The minimum absolute atomic E-state index is 0.661. The summed E-state index contributed by atoms with van der Waals surface area (Å²) >= 11 is 0. The average molecular weight is 207 g/mol. The topological polar surface area (TPSA) is 47.0 Å². The van der Waals surface area contributed by atoms with Crippen LogP contribution in [0.1, 0.15) is 25.7 Å². The largest absolute Gasteiger partial charge is 0.478 e. The van der Waals surface area contributed by atoms with Crippen LogP contribution in [0.15, 0.2) is 12.4 Å². The summed E-state index contributed by atoms with van der Waals surface area (Å²) in [6.07, 6.45) is 6.80. The monoisotopic (exact) mass is 207 g/mol. The number of aromatic nitrogens is 2. The molecular formula is C11H17N3O. The summed E-state index contributed by atoms with van der Waals surface area (Å²) in [7, 11) is 1.83. The second-order valence-electron chi connectivity index (χ2n) is 3.93. The minimum atomic E-state index is 0.661. The Bertz CT molecular complexity index is 312. The lowest BCUT2D eigenvalue weighted by molar-refractivity contribution is 0.217. The molecule has 82 valence electrons. The van der Waals surface area contributed by atoms with Crippen LogP contribution in [0.4, 0.5) is 5.82 Å². The first-order chi connectivity index (χ1) is 7.38. The maximum Gasteiger partial charge on any atom is 0.218 e. The van der Waals surface area contributed by atoms with Gasteiger partial charge in [0.2, 0.25) is 5.88 Å². The predicted octanol–water partition coefficient (Wildman–Crippen LogP) is 2.09. The van der Waals surface area contributed by atoms with Crippen molar-refractivity contribution in [3.05, 3.63) is 12.4 Å². The van der Waals surface area contributed by atoms with Crippen molar-refractivity contribution in [2.24, 2.45) is 5.92 Å². The van der Waals surface area contributed by atoms with Crippen LogP contribution in [0.3, 0.4) is 0 Å². The second-order valence-corrected chi connectivity index (χ2v) is 3.93. The highest BCUT2D eigenvalue weighted by molar-refractivity contribution is 5.35. The molecule has 0 spiro atoms. The van der Waals surface area contributed by atoms with Gasteiger partial charge >= 0.3 is 0 Å². The number of ether oxygens (including phenoxy) is 1. The van der Waals surface area contributed by atoms with Crippen LogP contribution < -0.4 is 10.1 Å². The summed E-state index contributed by atoms with van der Waals surface area (Å²) in [6.45, 7) is 0.769. The maximum absolute atomic E-state index is 5.56. The Kier molecular flexibility index (Phi) is 3.37. The van der Waals surface area contributed by atoms with Crippen molar-refractivity contribution in [1.82, 2.24) is 9.97 Å². The molecule has 1 fully saturated rings. The highest BCUT2D eigenvalue weighted by atomic mass is 16.5. The normalized spacial score (nSPS) is 15.8. The second kappa shape index (κ2) is 4.96. The molecule has 0 saturated heterocycles. The van der Waals surface area contributed by atoms with Crippen LogP contribution in [0.5, 0.6) is 5.88 Å². The van der Waals surface area contributed by atoms with Crippen molar-refractivity contribution >= 4 is 5.82 Å². The molecule has 15 heavy (non-hydrogen) atoms. The predicted molar refractivity (Wildman–Crippen MR) is 59.0 cm³/mol. The SMILES string of the molecule is CNc1cc(OCCC2CCC2)ncn1. The molecule has 2 rings (SSSR count). The number of nitrogens with one attached hydrogen (secondary N) is 1. The van der Waals surface area contributed by atoms with Crippen LogP contribution >= 0.6 is 0 Å². The van der Waals surface area contributed by atoms with Crippen molar-refractivity contribution in [1.29, 1.82) is 0 Å². The van der Waals surface area contributed by atoms with Crippen molar-refractivity contribution in [2.75, 3.05) is 19.0 Å². The average Bonchev–Trinajstić information content (AvgIpc) is 2.22. The molecule has 1 aromatic rings. The standard InChI is InChI=1S/C11H17N3O/c1-12-10-7-11(14-8-13-10)15-6-5-9-3-2-4-9/h7-9H,2-6H2,1H3,(H,12,13,14). The molecule has 1 aliphatic carbocycles. The van der Waals surface area contributed by atoms with Crippen molar-refractivity contribution in [3.63, 3.8) is 0 Å². The Morgan fingerprint density at radius 1 is 1.47 bits per heavy atom. The first-order valence-corrected chi connectivity index (χ1v) is 5.51. The van der Waals surface area contributed by atoms with Gasteiger partial charge in [-0.15, -0.1) is 0 Å². The van der Waals surface area contributed by atoms with Gasteiger partial charge in [0.15, 0.2) is 0 Å². The summed E-state index contributed by atoms with van der Waals surface area (Å²) in [5.74, 6) is 2.34. The van der Waals surface area contributed by atoms with E-state index >= 15 is 0 Å². The number of anilines is 1.